The molecule has 1 aliphatic carbocycles. The molecule has 1 aromatic heterocycles. The summed E-state index contributed by atoms with van der Waals surface area (Å²) in [5, 5.41) is 10.8. The van der Waals surface area contributed by atoms with Gasteiger partial charge in [-0.3, -0.25) is 9.80 Å². The Labute approximate surface area is 161 Å². The number of benzene rings is 1. The lowest BCUT2D eigenvalue weighted by atomic mass is 9.77. The summed E-state index contributed by atoms with van der Waals surface area (Å²) in [4.78, 5) is 15.7. The molecule has 4 atom stereocenters. The van der Waals surface area contributed by atoms with Crippen molar-refractivity contribution in [2.75, 3.05) is 46.3 Å². The van der Waals surface area contributed by atoms with Crippen LogP contribution in [0.25, 0.3) is 11.0 Å². The van der Waals surface area contributed by atoms with Crippen molar-refractivity contribution in [2.45, 2.75) is 31.5 Å². The Morgan fingerprint density at radius 1 is 1.07 bits per heavy atom. The molecule has 3 fully saturated rings. The Kier molecular flexibility index (Phi) is 4.68. The quantitative estimate of drug-likeness (QED) is 0.856. The van der Waals surface area contributed by atoms with Crippen molar-refractivity contribution in [2.24, 2.45) is 11.8 Å². The molecule has 1 saturated carbocycles. The standard InChI is InChI=1S/C21H31N5O/c1-24-6-8-26(9-7-24)19-10-15-12-25(13-16(15)11-20(19)27)14-21-22-17-4-2-3-5-18(17)23-21/h2-5,15-16,19-20,27H,6-14H2,1H3,(H,22,23)/t15-,16+,19-,20-/m1/s1. The number of hydrogen-bond acceptors (Lipinski definition) is 5. The summed E-state index contributed by atoms with van der Waals surface area (Å²) in [7, 11) is 2.19. The van der Waals surface area contributed by atoms with E-state index in [0.29, 0.717) is 17.9 Å². The summed E-state index contributed by atoms with van der Waals surface area (Å²) in [6.07, 6.45) is 1.94. The van der Waals surface area contributed by atoms with Crippen molar-refractivity contribution in [1.82, 2.24) is 24.7 Å². The van der Waals surface area contributed by atoms with E-state index in [2.05, 4.69) is 44.9 Å². The van der Waals surface area contributed by atoms with Crippen molar-refractivity contribution in [3.05, 3.63) is 30.1 Å². The average Bonchev–Trinajstić information content (AvgIpc) is 3.24. The number of hydrogen-bond donors (Lipinski definition) is 2. The van der Waals surface area contributed by atoms with Gasteiger partial charge in [-0.25, -0.2) is 4.98 Å². The lowest BCUT2D eigenvalue weighted by Crippen LogP contribution is -2.55. The Morgan fingerprint density at radius 2 is 1.81 bits per heavy atom. The number of nitrogens with zero attached hydrogens (tertiary/aromatic N) is 4. The van der Waals surface area contributed by atoms with Gasteiger partial charge in [0.25, 0.3) is 0 Å². The van der Waals surface area contributed by atoms with Crippen LogP contribution >= 0.6 is 0 Å². The molecule has 0 unspecified atom stereocenters. The van der Waals surface area contributed by atoms with E-state index in [1.807, 2.05) is 6.07 Å². The normalized spacial score (nSPS) is 33.6. The fourth-order valence-corrected chi connectivity index (χ4v) is 5.47. The van der Waals surface area contributed by atoms with Crippen molar-refractivity contribution in [1.29, 1.82) is 0 Å². The van der Waals surface area contributed by atoms with Crippen LogP contribution in [0.5, 0.6) is 0 Å². The first-order chi connectivity index (χ1) is 13.2. The van der Waals surface area contributed by atoms with Crippen molar-refractivity contribution < 1.29 is 5.11 Å². The molecule has 0 radical (unpaired) electrons. The summed E-state index contributed by atoms with van der Waals surface area (Å²) in [6, 6.07) is 8.60. The number of imidazole rings is 1. The number of aliphatic hydroxyl groups excluding tert-OH is 1. The summed E-state index contributed by atoms with van der Waals surface area (Å²) in [5.74, 6) is 2.40. The molecule has 2 saturated heterocycles. The summed E-state index contributed by atoms with van der Waals surface area (Å²) in [5.41, 5.74) is 2.17. The highest BCUT2D eigenvalue weighted by Gasteiger charge is 2.43. The number of fused-ring (bicyclic) bond motifs is 2. The van der Waals surface area contributed by atoms with Gasteiger partial charge in [0.2, 0.25) is 0 Å². The third kappa shape index (κ3) is 3.51. The Morgan fingerprint density at radius 3 is 2.59 bits per heavy atom. The minimum absolute atomic E-state index is 0.166. The van der Waals surface area contributed by atoms with E-state index in [9.17, 15) is 5.11 Å². The van der Waals surface area contributed by atoms with Crippen LogP contribution in [0.1, 0.15) is 18.7 Å². The highest BCUT2D eigenvalue weighted by atomic mass is 16.3. The highest BCUT2D eigenvalue weighted by Crippen LogP contribution is 2.38. The molecule has 5 rings (SSSR count). The number of H-pyrrole nitrogens is 1. The summed E-state index contributed by atoms with van der Waals surface area (Å²) in [6.45, 7) is 7.55. The van der Waals surface area contributed by atoms with E-state index in [-0.39, 0.29) is 6.10 Å². The van der Waals surface area contributed by atoms with E-state index < -0.39 is 0 Å². The molecule has 0 amide bonds. The molecule has 146 valence electrons. The highest BCUT2D eigenvalue weighted by molar-refractivity contribution is 5.74. The molecule has 27 heavy (non-hydrogen) atoms. The van der Waals surface area contributed by atoms with Crippen LogP contribution in [0.3, 0.4) is 0 Å². The smallest absolute Gasteiger partial charge is 0.121 e. The number of piperazine rings is 1. The van der Waals surface area contributed by atoms with E-state index in [1.54, 1.807) is 0 Å². The van der Waals surface area contributed by atoms with Gasteiger partial charge < -0.3 is 15.0 Å². The van der Waals surface area contributed by atoms with Crippen LogP contribution < -0.4 is 0 Å². The number of aromatic amines is 1. The SMILES string of the molecule is CN1CCN([C@@H]2C[C@@H]3CN(Cc4nc5ccccc5[nH]4)C[C@@H]3C[C@H]2O)CC1. The molecular formula is C21H31N5O. The molecule has 2 N–H and O–H groups in total. The molecule has 6 nitrogen and oxygen atoms in total. The van der Waals surface area contributed by atoms with Gasteiger partial charge in [0, 0.05) is 45.3 Å². The summed E-state index contributed by atoms with van der Waals surface area (Å²) >= 11 is 0. The van der Waals surface area contributed by atoms with Crippen molar-refractivity contribution >= 4 is 11.0 Å². The molecular weight excluding hydrogens is 338 g/mol. The average molecular weight is 370 g/mol. The molecule has 3 heterocycles. The maximum Gasteiger partial charge on any atom is 0.121 e. The van der Waals surface area contributed by atoms with Crippen LogP contribution in [-0.4, -0.2) is 88.2 Å². The zero-order valence-electron chi connectivity index (χ0n) is 16.2. The number of rotatable bonds is 3. The second-order valence-corrected chi connectivity index (χ2v) is 8.86. The van der Waals surface area contributed by atoms with Gasteiger partial charge in [-0.2, -0.15) is 0 Å². The lowest BCUT2D eigenvalue weighted by molar-refractivity contribution is -0.0249. The predicted molar refractivity (Wildman–Crippen MR) is 106 cm³/mol. The van der Waals surface area contributed by atoms with E-state index in [1.165, 1.54) is 0 Å². The van der Waals surface area contributed by atoms with Crippen LogP contribution in [-0.2, 0) is 6.54 Å². The van der Waals surface area contributed by atoms with Crippen LogP contribution in [0.15, 0.2) is 24.3 Å². The second kappa shape index (κ2) is 7.17. The minimum Gasteiger partial charge on any atom is -0.391 e. The lowest BCUT2D eigenvalue weighted by Gasteiger charge is -2.44. The molecule has 0 spiro atoms. The van der Waals surface area contributed by atoms with Gasteiger partial charge in [-0.1, -0.05) is 12.1 Å². The number of aromatic nitrogens is 2. The number of likely N-dealkylation sites (N-methyl/N-ethyl adjacent to an activating group) is 1. The Hall–Kier alpha value is -1.47. The van der Waals surface area contributed by atoms with E-state index in [0.717, 1.165) is 75.5 Å². The largest absolute Gasteiger partial charge is 0.391 e. The third-order valence-corrected chi connectivity index (χ3v) is 7.00. The first kappa shape index (κ1) is 17.6. The summed E-state index contributed by atoms with van der Waals surface area (Å²) < 4.78 is 0. The first-order valence-electron chi connectivity index (χ1n) is 10.4. The molecule has 6 heteroatoms. The van der Waals surface area contributed by atoms with Gasteiger partial charge in [0.15, 0.2) is 0 Å². The number of likely N-dealkylation sites (tertiary alicyclic amines) is 1. The second-order valence-electron chi connectivity index (χ2n) is 8.86. The zero-order valence-corrected chi connectivity index (χ0v) is 16.2. The Balaban J connectivity index is 1.23. The van der Waals surface area contributed by atoms with Crippen LogP contribution in [0.4, 0.5) is 0 Å². The predicted octanol–water partition coefficient (Wildman–Crippen LogP) is 1.38. The number of aliphatic hydroxyl groups is 1. The first-order valence-corrected chi connectivity index (χ1v) is 10.4. The molecule has 2 aromatic rings. The van der Waals surface area contributed by atoms with Gasteiger partial charge in [-0.15, -0.1) is 0 Å². The van der Waals surface area contributed by atoms with Gasteiger partial charge in [-0.05, 0) is 43.9 Å². The van der Waals surface area contributed by atoms with Gasteiger partial charge >= 0.3 is 0 Å². The zero-order chi connectivity index (χ0) is 18.4. The molecule has 3 aliphatic rings. The monoisotopic (exact) mass is 369 g/mol. The molecule has 0 bridgehead atoms. The topological polar surface area (TPSA) is 58.6 Å². The Bertz CT molecular complexity index is 751. The van der Waals surface area contributed by atoms with E-state index in [4.69, 9.17) is 4.98 Å². The van der Waals surface area contributed by atoms with Crippen LogP contribution in [0.2, 0.25) is 0 Å². The van der Waals surface area contributed by atoms with Crippen molar-refractivity contribution in [3.63, 3.8) is 0 Å². The third-order valence-electron chi connectivity index (χ3n) is 7.00. The number of para-hydroxylation sites is 2. The maximum atomic E-state index is 10.8. The number of nitrogens with one attached hydrogen (secondary N) is 1. The fraction of sp³-hybridized carbons (Fsp3) is 0.667. The molecule has 2 aliphatic heterocycles. The van der Waals surface area contributed by atoms with Crippen molar-refractivity contribution in [3.8, 4) is 0 Å². The van der Waals surface area contributed by atoms with Crippen LogP contribution in [0, 0.1) is 11.8 Å². The minimum atomic E-state index is -0.166. The van der Waals surface area contributed by atoms with E-state index >= 15 is 0 Å². The van der Waals surface area contributed by atoms with Gasteiger partial charge in [0.05, 0.1) is 23.7 Å². The van der Waals surface area contributed by atoms with Gasteiger partial charge in [0.1, 0.15) is 5.82 Å². The maximum absolute atomic E-state index is 10.8. The molecule has 1 aromatic carbocycles. The fourth-order valence-electron chi connectivity index (χ4n) is 5.47.